The van der Waals surface area contributed by atoms with Crippen molar-refractivity contribution >= 4 is 17.1 Å². The number of thiophene rings is 1. The van der Waals surface area contributed by atoms with Crippen molar-refractivity contribution in [1.29, 1.82) is 0 Å². The van der Waals surface area contributed by atoms with E-state index in [1.807, 2.05) is 19.2 Å². The highest BCUT2D eigenvalue weighted by molar-refractivity contribution is 7.08. The Morgan fingerprint density at radius 2 is 2.07 bits per heavy atom. The highest BCUT2D eigenvalue weighted by atomic mass is 32.1. The molecule has 0 atom stereocenters. The van der Waals surface area contributed by atoms with Gasteiger partial charge in [-0.25, -0.2) is 0 Å². The number of carbonyl (C=O) groups excluding carboxylic acids is 1. The minimum atomic E-state index is -0.750. The van der Waals surface area contributed by atoms with Crippen LogP contribution in [0.3, 0.4) is 0 Å². The van der Waals surface area contributed by atoms with Crippen LogP contribution in [0.5, 0.6) is 0 Å². The zero-order valence-corrected chi connectivity index (χ0v) is 9.17. The van der Waals surface area contributed by atoms with Crippen molar-refractivity contribution in [3.05, 3.63) is 22.4 Å². The van der Waals surface area contributed by atoms with Crippen LogP contribution in [-0.4, -0.2) is 25.3 Å². The second-order valence-electron chi connectivity index (χ2n) is 2.62. The molecule has 0 saturated heterocycles. The number of hydrogen-bond donors (Lipinski definition) is 0. The summed E-state index contributed by atoms with van der Waals surface area (Å²) in [7, 11) is 0. The average molecular weight is 214 g/mol. The van der Waals surface area contributed by atoms with Crippen molar-refractivity contribution in [2.24, 2.45) is 0 Å². The number of hydrogen-bond acceptors (Lipinski definition) is 4. The second-order valence-corrected chi connectivity index (χ2v) is 3.40. The van der Waals surface area contributed by atoms with Gasteiger partial charge in [0.2, 0.25) is 12.1 Å². The summed E-state index contributed by atoms with van der Waals surface area (Å²) in [6.07, 6.45) is -0.750. The van der Waals surface area contributed by atoms with E-state index in [-0.39, 0.29) is 5.78 Å². The predicted molar refractivity (Wildman–Crippen MR) is 55.7 cm³/mol. The molecular weight excluding hydrogens is 200 g/mol. The summed E-state index contributed by atoms with van der Waals surface area (Å²) in [6.45, 7) is 4.63. The van der Waals surface area contributed by atoms with E-state index in [4.69, 9.17) is 9.47 Å². The monoisotopic (exact) mass is 214 g/mol. The second kappa shape index (κ2) is 5.90. The number of carbonyl (C=O) groups is 1. The molecule has 78 valence electrons. The molecule has 0 unspecified atom stereocenters. The van der Waals surface area contributed by atoms with Gasteiger partial charge >= 0.3 is 0 Å². The van der Waals surface area contributed by atoms with Crippen LogP contribution < -0.4 is 0 Å². The van der Waals surface area contributed by atoms with Gasteiger partial charge in [0.05, 0.1) is 0 Å². The first-order valence-corrected chi connectivity index (χ1v) is 5.53. The highest BCUT2D eigenvalue weighted by Gasteiger charge is 2.20. The molecule has 0 N–H and O–H groups in total. The van der Waals surface area contributed by atoms with Gasteiger partial charge in [0.1, 0.15) is 0 Å². The lowest BCUT2D eigenvalue weighted by Crippen LogP contribution is -2.27. The average Bonchev–Trinajstić information content (AvgIpc) is 2.69. The molecule has 1 aromatic rings. The van der Waals surface area contributed by atoms with Crippen LogP contribution >= 0.6 is 11.3 Å². The zero-order valence-electron chi connectivity index (χ0n) is 8.36. The number of ketones is 1. The number of Topliss-reactive ketones (excluding diaryl/α,β-unsaturated/α-hetero) is 1. The minimum Gasteiger partial charge on any atom is -0.346 e. The SMILES string of the molecule is CCOC(OCC)C(=O)c1ccsc1. The molecular formula is C10H14O3S. The van der Waals surface area contributed by atoms with Crippen molar-refractivity contribution in [1.82, 2.24) is 0 Å². The molecule has 3 nitrogen and oxygen atoms in total. The molecule has 0 bridgehead atoms. The summed E-state index contributed by atoms with van der Waals surface area (Å²) in [5, 5.41) is 3.66. The van der Waals surface area contributed by atoms with Gasteiger partial charge in [-0.15, -0.1) is 0 Å². The minimum absolute atomic E-state index is 0.102. The number of ether oxygens (including phenoxy) is 2. The van der Waals surface area contributed by atoms with E-state index in [2.05, 4.69) is 0 Å². The molecule has 0 radical (unpaired) electrons. The zero-order chi connectivity index (χ0) is 10.4. The molecule has 0 spiro atoms. The molecule has 0 aliphatic carbocycles. The van der Waals surface area contributed by atoms with Gasteiger partial charge in [0.15, 0.2) is 0 Å². The van der Waals surface area contributed by atoms with Gasteiger partial charge in [-0.05, 0) is 25.3 Å². The van der Waals surface area contributed by atoms with E-state index in [9.17, 15) is 4.79 Å². The summed E-state index contributed by atoms with van der Waals surface area (Å²) in [6, 6.07) is 1.78. The fourth-order valence-corrected chi connectivity index (χ4v) is 1.69. The molecule has 1 aromatic heterocycles. The third-order valence-electron chi connectivity index (χ3n) is 1.66. The predicted octanol–water partition coefficient (Wildman–Crippen LogP) is 2.33. The van der Waals surface area contributed by atoms with Crippen molar-refractivity contribution in [2.45, 2.75) is 20.1 Å². The van der Waals surface area contributed by atoms with Crippen molar-refractivity contribution in [3.63, 3.8) is 0 Å². The maximum absolute atomic E-state index is 11.7. The molecule has 0 aromatic carbocycles. The Labute approximate surface area is 87.7 Å². The van der Waals surface area contributed by atoms with Crippen LogP contribution in [0.15, 0.2) is 16.8 Å². The van der Waals surface area contributed by atoms with Gasteiger partial charge in [0.25, 0.3) is 0 Å². The van der Waals surface area contributed by atoms with Crippen LogP contribution in [0.2, 0.25) is 0 Å². The van der Waals surface area contributed by atoms with Crippen LogP contribution in [0.4, 0.5) is 0 Å². The summed E-state index contributed by atoms with van der Waals surface area (Å²) in [5.74, 6) is -0.102. The van der Waals surface area contributed by atoms with E-state index < -0.39 is 6.29 Å². The fourth-order valence-electron chi connectivity index (χ4n) is 1.04. The molecule has 0 aliphatic rings. The van der Waals surface area contributed by atoms with Crippen molar-refractivity contribution in [2.75, 3.05) is 13.2 Å². The van der Waals surface area contributed by atoms with E-state index in [0.29, 0.717) is 18.8 Å². The normalized spacial score (nSPS) is 10.8. The summed E-state index contributed by atoms with van der Waals surface area (Å²) < 4.78 is 10.4. The first-order chi connectivity index (χ1) is 6.79. The van der Waals surface area contributed by atoms with E-state index in [1.54, 1.807) is 11.4 Å². The third kappa shape index (κ3) is 2.90. The lowest BCUT2D eigenvalue weighted by Gasteiger charge is -2.14. The Kier molecular flexibility index (Phi) is 4.79. The molecule has 0 aliphatic heterocycles. The highest BCUT2D eigenvalue weighted by Crippen LogP contribution is 2.11. The molecule has 0 amide bonds. The summed E-state index contributed by atoms with van der Waals surface area (Å²) in [4.78, 5) is 11.7. The van der Waals surface area contributed by atoms with Crippen molar-refractivity contribution in [3.8, 4) is 0 Å². The van der Waals surface area contributed by atoms with Crippen LogP contribution in [-0.2, 0) is 9.47 Å². The first-order valence-electron chi connectivity index (χ1n) is 4.59. The number of rotatable bonds is 6. The van der Waals surface area contributed by atoms with Crippen LogP contribution in [0.25, 0.3) is 0 Å². The maximum atomic E-state index is 11.7. The Hall–Kier alpha value is -0.710. The molecule has 0 saturated carbocycles. The van der Waals surface area contributed by atoms with Gasteiger partial charge < -0.3 is 9.47 Å². The molecule has 1 heterocycles. The lowest BCUT2D eigenvalue weighted by atomic mass is 10.2. The first kappa shape index (κ1) is 11.4. The molecule has 1 rings (SSSR count). The van der Waals surface area contributed by atoms with Crippen LogP contribution in [0, 0.1) is 0 Å². The third-order valence-corrected chi connectivity index (χ3v) is 2.34. The fraction of sp³-hybridized carbons (Fsp3) is 0.500. The Balaban J connectivity index is 2.63. The summed E-state index contributed by atoms with van der Waals surface area (Å²) >= 11 is 1.49. The van der Waals surface area contributed by atoms with Crippen molar-refractivity contribution < 1.29 is 14.3 Å². The van der Waals surface area contributed by atoms with E-state index in [1.165, 1.54) is 11.3 Å². The summed E-state index contributed by atoms with van der Waals surface area (Å²) in [5.41, 5.74) is 0.655. The lowest BCUT2D eigenvalue weighted by molar-refractivity contribution is -0.107. The van der Waals surface area contributed by atoms with Gasteiger partial charge in [-0.3, -0.25) is 4.79 Å². The van der Waals surface area contributed by atoms with E-state index >= 15 is 0 Å². The van der Waals surface area contributed by atoms with Gasteiger partial charge in [-0.2, -0.15) is 11.3 Å². The van der Waals surface area contributed by atoms with Crippen LogP contribution in [0.1, 0.15) is 24.2 Å². The Morgan fingerprint density at radius 3 is 2.50 bits per heavy atom. The van der Waals surface area contributed by atoms with Gasteiger partial charge in [0, 0.05) is 24.2 Å². The van der Waals surface area contributed by atoms with Gasteiger partial charge in [-0.1, -0.05) is 0 Å². The quantitative estimate of drug-likeness (QED) is 0.538. The van der Waals surface area contributed by atoms with E-state index in [0.717, 1.165) is 0 Å². The molecule has 4 heteroatoms. The molecule has 14 heavy (non-hydrogen) atoms. The molecule has 0 fully saturated rings. The standard InChI is InChI=1S/C10H14O3S/c1-3-12-10(13-4-2)9(11)8-5-6-14-7-8/h5-7,10H,3-4H2,1-2H3. The Morgan fingerprint density at radius 1 is 1.43 bits per heavy atom. The topological polar surface area (TPSA) is 35.5 Å². The maximum Gasteiger partial charge on any atom is 0.222 e. The smallest absolute Gasteiger partial charge is 0.222 e. The largest absolute Gasteiger partial charge is 0.346 e. The Bertz CT molecular complexity index is 263.